The van der Waals surface area contributed by atoms with Crippen molar-refractivity contribution < 1.29 is 37.8 Å². The smallest absolute Gasteiger partial charge is 0.272 e. The molecule has 2 N–H and O–H groups in total. The monoisotopic (exact) mass is 1120 g/mol. The van der Waals surface area contributed by atoms with E-state index in [-0.39, 0.29) is 81.9 Å². The molecule has 0 saturated carbocycles. The van der Waals surface area contributed by atoms with Crippen molar-refractivity contribution >= 4 is 47.9 Å². The fourth-order valence-electron chi connectivity index (χ4n) is 11.1. The van der Waals surface area contributed by atoms with Gasteiger partial charge >= 0.3 is 0 Å². The van der Waals surface area contributed by atoms with E-state index in [1.165, 1.54) is 6.07 Å². The number of fused-ring (bicyclic) bond motifs is 1. The standard InChI is InChI=1S/C58H72FN9O8.C2H6.CH4.H2S/c1-3-76-53-35-47(74-2)15-14-45(53)36-60-37-54(69)68-19-7-10-46(39-68)43-8-6-9-44(34-43)57(72)66-24-22-64(23-25-66)38-41-17-20-63(21-18-41)30-31-75-40-55(70)65-26-28-67(29-27-65)58(73)50-32-42(13-16-51(50)59)33-52-48-11-4-5-12-49(48)56(71)62-61-52;1-2;;/h4-6,8-9,11-16,32,34-35,41,46,60H,3,7,10,17-31,33,36-40H2,1-2H3,(H,62,71);1-2H3;1H4;1H2. The van der Waals surface area contributed by atoms with Crippen LogP contribution in [-0.4, -0.2) is 188 Å². The first-order valence-corrected chi connectivity index (χ1v) is 28.0. The van der Waals surface area contributed by atoms with E-state index in [1.807, 2.05) is 79.1 Å². The summed E-state index contributed by atoms with van der Waals surface area (Å²) in [5, 5.41) is 11.3. The first-order valence-electron chi connectivity index (χ1n) is 28.0. The number of piperazine rings is 2. The number of likely N-dealkylation sites (tertiary alicyclic amines) is 2. The predicted molar refractivity (Wildman–Crippen MR) is 316 cm³/mol. The van der Waals surface area contributed by atoms with E-state index in [1.54, 1.807) is 41.2 Å². The summed E-state index contributed by atoms with van der Waals surface area (Å²) in [6, 6.07) is 25.4. The number of benzene rings is 4. The number of aromatic nitrogens is 2. The molecule has 0 spiro atoms. The number of amides is 4. The summed E-state index contributed by atoms with van der Waals surface area (Å²) in [7, 11) is 1.63. The van der Waals surface area contributed by atoms with E-state index in [0.29, 0.717) is 92.4 Å². The number of hydrogen-bond acceptors (Lipinski definition) is 12. The molecule has 4 amide bonds. The van der Waals surface area contributed by atoms with Crippen LogP contribution in [-0.2, 0) is 27.3 Å². The molecule has 0 radical (unpaired) electrons. The number of methoxy groups -OCH3 is 1. The van der Waals surface area contributed by atoms with Crippen molar-refractivity contribution in [2.45, 2.75) is 72.8 Å². The highest BCUT2D eigenvalue weighted by atomic mass is 32.1. The van der Waals surface area contributed by atoms with Crippen molar-refractivity contribution in [3.05, 3.63) is 135 Å². The van der Waals surface area contributed by atoms with Crippen LogP contribution in [0.1, 0.15) is 103 Å². The zero-order chi connectivity index (χ0) is 55.0. The lowest BCUT2D eigenvalue weighted by molar-refractivity contribution is -0.137. The van der Waals surface area contributed by atoms with Crippen LogP contribution >= 0.6 is 13.5 Å². The van der Waals surface area contributed by atoms with Crippen LogP contribution in [0, 0.1) is 11.7 Å². The Labute approximate surface area is 478 Å². The van der Waals surface area contributed by atoms with Gasteiger partial charge in [-0.15, -0.1) is 0 Å². The number of carbonyl (C=O) groups is 4. The van der Waals surface area contributed by atoms with Gasteiger partial charge in [0.2, 0.25) is 11.8 Å². The van der Waals surface area contributed by atoms with Gasteiger partial charge < -0.3 is 44.0 Å². The molecule has 4 aliphatic rings. The SMILES string of the molecule is C.CC.CCOc1cc(OC)ccc1CNCC(=O)N1CCCC(c2cccc(C(=O)N3CCN(CC4CCN(CCOCC(=O)N5CCN(C(=O)c6cc(Cc7n[nH]c(=O)c8ccccc78)ccc6F)CC5)CC4)CC3)c2)C1.S. The quantitative estimate of drug-likeness (QED) is 0.0830. The third-order valence-corrected chi connectivity index (χ3v) is 15.5. The first kappa shape index (κ1) is 62.8. The Kier molecular flexibility index (Phi) is 24.3. The number of rotatable bonds is 19. The van der Waals surface area contributed by atoms with Gasteiger partial charge in [-0.2, -0.15) is 18.6 Å². The summed E-state index contributed by atoms with van der Waals surface area (Å²) >= 11 is 0. The molecule has 17 nitrogen and oxygen atoms in total. The fraction of sp³-hybridized carbons (Fsp3) is 0.508. The zero-order valence-corrected chi connectivity index (χ0v) is 47.5. The zero-order valence-electron chi connectivity index (χ0n) is 46.5. The molecular weight excluding hydrogens is 1040 g/mol. The molecule has 4 aromatic carbocycles. The summed E-state index contributed by atoms with van der Waals surface area (Å²) in [5.41, 5.74) is 3.78. The van der Waals surface area contributed by atoms with E-state index in [4.69, 9.17) is 14.2 Å². The summed E-state index contributed by atoms with van der Waals surface area (Å²) in [4.78, 5) is 78.1. The number of ether oxygens (including phenoxy) is 3. The van der Waals surface area contributed by atoms with Gasteiger partial charge in [-0.05, 0) is 99.1 Å². The van der Waals surface area contributed by atoms with Crippen LogP contribution in [0.4, 0.5) is 4.39 Å². The van der Waals surface area contributed by atoms with E-state index >= 15 is 4.39 Å². The molecule has 19 heteroatoms. The number of nitrogens with one attached hydrogen (secondary N) is 2. The number of hydrogen-bond donors (Lipinski definition) is 2. The van der Waals surface area contributed by atoms with E-state index in [2.05, 4.69) is 31.4 Å². The van der Waals surface area contributed by atoms with E-state index in [9.17, 15) is 24.0 Å². The predicted octanol–water partition coefficient (Wildman–Crippen LogP) is 6.80. The molecular formula is C61H84FN9O8S. The van der Waals surface area contributed by atoms with Gasteiger partial charge in [0.15, 0.2) is 0 Å². The largest absolute Gasteiger partial charge is 0.497 e. The Morgan fingerprint density at radius 2 is 1.46 bits per heavy atom. The number of carbonyl (C=O) groups excluding carboxylic acids is 4. The van der Waals surface area contributed by atoms with Gasteiger partial charge in [-0.3, -0.25) is 28.9 Å². The van der Waals surface area contributed by atoms with Crippen molar-refractivity contribution in [1.82, 2.24) is 44.9 Å². The highest BCUT2D eigenvalue weighted by Gasteiger charge is 2.30. The number of piperidine rings is 2. The maximum atomic E-state index is 15.0. The maximum Gasteiger partial charge on any atom is 0.272 e. The molecule has 1 aromatic heterocycles. The van der Waals surface area contributed by atoms with Gasteiger partial charge in [0.25, 0.3) is 17.4 Å². The molecule has 5 heterocycles. The van der Waals surface area contributed by atoms with Crippen molar-refractivity contribution in [3.63, 3.8) is 0 Å². The van der Waals surface area contributed by atoms with Gasteiger partial charge in [0.1, 0.15) is 23.9 Å². The fourth-order valence-corrected chi connectivity index (χ4v) is 11.1. The van der Waals surface area contributed by atoms with Gasteiger partial charge in [-0.25, -0.2) is 9.49 Å². The average Bonchev–Trinajstić information content (AvgIpc) is 3.50. The first-order chi connectivity index (χ1) is 38.0. The second kappa shape index (κ2) is 31.0. The van der Waals surface area contributed by atoms with Crippen LogP contribution < -0.4 is 20.3 Å². The molecule has 1 unspecified atom stereocenters. The second-order valence-corrected chi connectivity index (χ2v) is 20.5. The number of H-pyrrole nitrogens is 1. The minimum absolute atomic E-state index is 0. The third kappa shape index (κ3) is 16.4. The average molecular weight is 1120 g/mol. The van der Waals surface area contributed by atoms with Gasteiger partial charge in [0, 0.05) is 120 Å². The second-order valence-electron chi connectivity index (χ2n) is 20.5. The minimum atomic E-state index is -0.614. The Hall–Kier alpha value is -6.38. The van der Waals surface area contributed by atoms with Gasteiger partial charge in [0.05, 0.1) is 43.5 Å². The Morgan fingerprint density at radius 3 is 2.20 bits per heavy atom. The molecule has 0 bridgehead atoms. The molecule has 9 rings (SSSR count). The van der Waals surface area contributed by atoms with Crippen LogP contribution in [0.15, 0.2) is 89.7 Å². The highest BCUT2D eigenvalue weighted by Crippen LogP contribution is 2.29. The van der Waals surface area contributed by atoms with Crippen molar-refractivity contribution in [1.29, 1.82) is 0 Å². The molecule has 80 heavy (non-hydrogen) atoms. The summed E-state index contributed by atoms with van der Waals surface area (Å²) in [6.07, 6.45) is 4.37. The van der Waals surface area contributed by atoms with Crippen molar-refractivity contribution in [2.75, 3.05) is 125 Å². The van der Waals surface area contributed by atoms with Crippen LogP contribution in [0.25, 0.3) is 10.8 Å². The van der Waals surface area contributed by atoms with E-state index < -0.39 is 11.7 Å². The minimum Gasteiger partial charge on any atom is -0.497 e. The summed E-state index contributed by atoms with van der Waals surface area (Å²) in [6.45, 7) is 17.1. The molecule has 5 aromatic rings. The molecule has 0 aliphatic carbocycles. The summed E-state index contributed by atoms with van der Waals surface area (Å²) < 4.78 is 32.0. The molecule has 4 saturated heterocycles. The van der Waals surface area contributed by atoms with Crippen LogP contribution in [0.2, 0.25) is 0 Å². The normalized spacial score (nSPS) is 17.2. The Bertz CT molecular complexity index is 2890. The molecule has 4 aliphatic heterocycles. The Morgan fingerprint density at radius 1 is 0.750 bits per heavy atom. The lowest BCUT2D eigenvalue weighted by Gasteiger charge is -2.39. The van der Waals surface area contributed by atoms with Crippen LogP contribution in [0.5, 0.6) is 11.5 Å². The van der Waals surface area contributed by atoms with Crippen molar-refractivity contribution in [2.24, 2.45) is 5.92 Å². The van der Waals surface area contributed by atoms with Gasteiger partial charge in [-0.1, -0.05) is 63.7 Å². The number of aromatic amines is 1. The molecule has 1 atom stereocenters. The number of nitrogens with zero attached hydrogens (tertiary/aromatic N) is 7. The lowest BCUT2D eigenvalue weighted by Crippen LogP contribution is -2.51. The molecule has 4 fully saturated rings. The number of halogens is 1. The summed E-state index contributed by atoms with van der Waals surface area (Å²) in [5.74, 6) is 1.20. The highest BCUT2D eigenvalue weighted by molar-refractivity contribution is 7.59. The van der Waals surface area contributed by atoms with Crippen molar-refractivity contribution in [3.8, 4) is 11.5 Å². The Balaban J connectivity index is 0.00000255. The topological polar surface area (TPSA) is 173 Å². The molecule has 434 valence electrons. The lowest BCUT2D eigenvalue weighted by atomic mass is 9.89. The van der Waals surface area contributed by atoms with E-state index in [0.717, 1.165) is 94.1 Å². The maximum absolute atomic E-state index is 15.0. The van der Waals surface area contributed by atoms with Crippen LogP contribution in [0.3, 0.4) is 0 Å². The third-order valence-electron chi connectivity index (χ3n) is 15.5.